The zero-order valence-corrected chi connectivity index (χ0v) is 23.1. The zero-order chi connectivity index (χ0) is 26.6. The number of carbonyl (C=O) groups is 2. The van der Waals surface area contributed by atoms with Gasteiger partial charge in [0.15, 0.2) is 0 Å². The molecule has 0 bridgehead atoms. The summed E-state index contributed by atoms with van der Waals surface area (Å²) in [7, 11) is 0. The van der Waals surface area contributed by atoms with Crippen LogP contribution in [0.15, 0.2) is 66.7 Å². The van der Waals surface area contributed by atoms with Crippen molar-refractivity contribution in [3.05, 3.63) is 93.5 Å². The molecule has 2 fully saturated rings. The number of carbonyl (C=O) groups excluding carboxylic acids is 2. The minimum atomic E-state index is -0.427. The molecule has 38 heavy (non-hydrogen) atoms. The van der Waals surface area contributed by atoms with Crippen molar-refractivity contribution in [2.24, 2.45) is 5.92 Å². The number of aryl methyl sites for hydroxylation is 1. The standard InChI is InChI=1S/C31H33Cl2N3O2/c1-20-12-15-24(19-28(20)33)35-30(37)26-10-6-18-36(31(38)25-9-4-5-11-27(25)32)29(26)21-13-16-23(17-14-21)34-22-7-2-3-8-22/h4-5,9,11-17,19,22,26,29,34H,2-3,6-8,10,18H2,1H3,(H,35,37)/t26-,29?/m0/s1. The fourth-order valence-electron chi connectivity index (χ4n) is 5.69. The summed E-state index contributed by atoms with van der Waals surface area (Å²) in [5.41, 5.74) is 4.04. The lowest BCUT2D eigenvalue weighted by atomic mass is 9.83. The van der Waals surface area contributed by atoms with Crippen LogP contribution in [0, 0.1) is 12.8 Å². The third-order valence-corrected chi connectivity index (χ3v) is 8.49. The molecule has 2 atom stereocenters. The number of likely N-dealkylation sites (tertiary alicyclic amines) is 1. The molecule has 1 heterocycles. The second kappa shape index (κ2) is 11.8. The van der Waals surface area contributed by atoms with E-state index in [1.807, 2.05) is 48.2 Å². The van der Waals surface area contributed by atoms with Gasteiger partial charge in [-0.15, -0.1) is 0 Å². The Morgan fingerprint density at radius 1 is 0.842 bits per heavy atom. The van der Waals surface area contributed by atoms with Crippen LogP contribution in [0.1, 0.15) is 66.1 Å². The van der Waals surface area contributed by atoms with Crippen LogP contribution in [-0.2, 0) is 4.79 Å². The van der Waals surface area contributed by atoms with Gasteiger partial charge in [0.05, 0.1) is 22.5 Å². The predicted octanol–water partition coefficient (Wildman–Crippen LogP) is 7.89. The first-order chi connectivity index (χ1) is 18.4. The third kappa shape index (κ3) is 5.84. The van der Waals surface area contributed by atoms with Gasteiger partial charge in [-0.25, -0.2) is 0 Å². The van der Waals surface area contributed by atoms with E-state index in [1.54, 1.807) is 18.2 Å². The van der Waals surface area contributed by atoms with E-state index in [9.17, 15) is 9.59 Å². The van der Waals surface area contributed by atoms with Crippen LogP contribution in [0.4, 0.5) is 11.4 Å². The van der Waals surface area contributed by atoms with Crippen LogP contribution < -0.4 is 10.6 Å². The number of rotatable bonds is 6. The van der Waals surface area contributed by atoms with E-state index in [4.69, 9.17) is 23.2 Å². The van der Waals surface area contributed by atoms with Gasteiger partial charge < -0.3 is 15.5 Å². The van der Waals surface area contributed by atoms with E-state index in [-0.39, 0.29) is 11.8 Å². The fourth-order valence-corrected chi connectivity index (χ4v) is 6.08. The van der Waals surface area contributed by atoms with Crippen LogP contribution in [0.2, 0.25) is 10.0 Å². The first-order valence-electron chi connectivity index (χ1n) is 13.4. The normalized spacial score (nSPS) is 19.8. The topological polar surface area (TPSA) is 61.4 Å². The first kappa shape index (κ1) is 26.6. The number of benzene rings is 3. The Bertz CT molecular complexity index is 1300. The molecule has 5 rings (SSSR count). The number of amides is 2. The van der Waals surface area contributed by atoms with Gasteiger partial charge in [-0.2, -0.15) is 0 Å². The molecule has 5 nitrogen and oxygen atoms in total. The highest BCUT2D eigenvalue weighted by molar-refractivity contribution is 6.33. The maximum Gasteiger partial charge on any atom is 0.255 e. The molecule has 7 heteroatoms. The second-order valence-corrected chi connectivity index (χ2v) is 11.2. The van der Waals surface area contributed by atoms with Gasteiger partial charge in [0.2, 0.25) is 5.91 Å². The van der Waals surface area contributed by atoms with E-state index in [0.29, 0.717) is 40.3 Å². The number of halogens is 2. The Balaban J connectivity index is 1.45. The van der Waals surface area contributed by atoms with Crippen molar-refractivity contribution < 1.29 is 9.59 Å². The van der Waals surface area contributed by atoms with Crippen LogP contribution >= 0.6 is 23.2 Å². The molecule has 198 valence electrons. The van der Waals surface area contributed by atoms with Crippen LogP contribution in [0.3, 0.4) is 0 Å². The van der Waals surface area contributed by atoms with Gasteiger partial charge in [-0.3, -0.25) is 9.59 Å². The van der Waals surface area contributed by atoms with Crippen LogP contribution in [0.25, 0.3) is 0 Å². The molecule has 0 radical (unpaired) electrons. The van der Waals surface area contributed by atoms with Crippen molar-refractivity contribution in [1.29, 1.82) is 0 Å². The molecular weight excluding hydrogens is 517 g/mol. The summed E-state index contributed by atoms with van der Waals surface area (Å²) in [6.45, 7) is 2.48. The minimum absolute atomic E-state index is 0.125. The van der Waals surface area contributed by atoms with Crippen LogP contribution in [-0.4, -0.2) is 29.3 Å². The SMILES string of the molecule is Cc1ccc(NC(=O)[C@H]2CCCN(C(=O)c3ccccc3Cl)C2c2ccc(NC3CCCC3)cc2)cc1Cl. The van der Waals surface area contributed by atoms with Crippen molar-refractivity contribution in [2.45, 2.75) is 57.5 Å². The van der Waals surface area contributed by atoms with Crippen LogP contribution in [0.5, 0.6) is 0 Å². The Hall–Kier alpha value is -3.02. The van der Waals surface area contributed by atoms with Crippen molar-refractivity contribution in [1.82, 2.24) is 4.90 Å². The van der Waals surface area contributed by atoms with Gasteiger partial charge in [0.1, 0.15) is 0 Å². The summed E-state index contributed by atoms with van der Waals surface area (Å²) in [6.07, 6.45) is 6.30. The van der Waals surface area contributed by atoms with Crippen molar-refractivity contribution in [3.63, 3.8) is 0 Å². The average molecular weight is 551 g/mol. The Labute approximate surface area is 234 Å². The highest BCUT2D eigenvalue weighted by Gasteiger charge is 2.40. The molecule has 2 aliphatic rings. The third-order valence-electron chi connectivity index (χ3n) is 7.75. The number of anilines is 2. The minimum Gasteiger partial charge on any atom is -0.382 e. The lowest BCUT2D eigenvalue weighted by molar-refractivity contribution is -0.123. The summed E-state index contributed by atoms with van der Waals surface area (Å²) in [5, 5.41) is 7.69. The Morgan fingerprint density at radius 3 is 2.26 bits per heavy atom. The highest BCUT2D eigenvalue weighted by atomic mass is 35.5. The molecule has 0 aromatic heterocycles. The number of nitrogens with zero attached hydrogens (tertiary/aromatic N) is 1. The molecular formula is C31H33Cl2N3O2. The smallest absolute Gasteiger partial charge is 0.255 e. The molecule has 1 saturated heterocycles. The quantitative estimate of drug-likeness (QED) is 0.328. The molecule has 2 amide bonds. The van der Waals surface area contributed by atoms with Gasteiger partial charge in [0.25, 0.3) is 5.91 Å². The fraction of sp³-hybridized carbons (Fsp3) is 0.355. The van der Waals surface area contributed by atoms with Crippen molar-refractivity contribution in [3.8, 4) is 0 Å². The Morgan fingerprint density at radius 2 is 1.55 bits per heavy atom. The number of nitrogens with one attached hydrogen (secondary N) is 2. The monoisotopic (exact) mass is 549 g/mol. The van der Waals surface area contributed by atoms with Gasteiger partial charge in [0, 0.05) is 29.0 Å². The molecule has 1 aliphatic heterocycles. The summed E-state index contributed by atoms with van der Waals surface area (Å²) in [5.74, 6) is -0.715. The van der Waals surface area contributed by atoms with E-state index in [0.717, 1.165) is 23.2 Å². The summed E-state index contributed by atoms with van der Waals surface area (Å²) < 4.78 is 0. The maximum absolute atomic E-state index is 13.8. The number of hydrogen-bond acceptors (Lipinski definition) is 3. The molecule has 3 aromatic carbocycles. The van der Waals surface area contributed by atoms with Gasteiger partial charge in [-0.05, 0) is 80.1 Å². The lowest BCUT2D eigenvalue weighted by Crippen LogP contribution is -2.46. The van der Waals surface area contributed by atoms with E-state index >= 15 is 0 Å². The second-order valence-electron chi connectivity index (χ2n) is 10.4. The molecule has 1 aliphatic carbocycles. The molecule has 2 N–H and O–H groups in total. The van der Waals surface area contributed by atoms with Crippen molar-refractivity contribution in [2.75, 3.05) is 17.2 Å². The van der Waals surface area contributed by atoms with Gasteiger partial charge in [-0.1, -0.05) is 66.4 Å². The number of piperidine rings is 1. The first-order valence-corrected chi connectivity index (χ1v) is 14.2. The summed E-state index contributed by atoms with van der Waals surface area (Å²) >= 11 is 12.7. The zero-order valence-electron chi connectivity index (χ0n) is 21.6. The van der Waals surface area contributed by atoms with E-state index < -0.39 is 12.0 Å². The summed E-state index contributed by atoms with van der Waals surface area (Å²) in [4.78, 5) is 29.3. The summed E-state index contributed by atoms with van der Waals surface area (Å²) in [6, 6.07) is 20.9. The molecule has 1 saturated carbocycles. The van der Waals surface area contributed by atoms with E-state index in [2.05, 4.69) is 22.8 Å². The number of hydrogen-bond donors (Lipinski definition) is 2. The van der Waals surface area contributed by atoms with Gasteiger partial charge >= 0.3 is 0 Å². The highest BCUT2D eigenvalue weighted by Crippen LogP contribution is 2.39. The molecule has 3 aromatic rings. The Kier molecular flexibility index (Phi) is 8.25. The largest absolute Gasteiger partial charge is 0.382 e. The average Bonchev–Trinajstić information content (AvgIpc) is 3.44. The van der Waals surface area contributed by atoms with E-state index in [1.165, 1.54) is 25.7 Å². The lowest BCUT2D eigenvalue weighted by Gasteiger charge is -2.41. The maximum atomic E-state index is 13.8. The van der Waals surface area contributed by atoms with Crippen molar-refractivity contribution >= 4 is 46.4 Å². The molecule has 0 spiro atoms. The predicted molar refractivity (Wildman–Crippen MR) is 155 cm³/mol. The molecule has 1 unspecified atom stereocenters.